The Labute approximate surface area is 212 Å². The maximum absolute atomic E-state index is 8.79. The highest BCUT2D eigenvalue weighted by Crippen LogP contribution is 2.43. The summed E-state index contributed by atoms with van der Waals surface area (Å²) in [6.07, 6.45) is 1.55. The van der Waals surface area contributed by atoms with Crippen LogP contribution in [0.3, 0.4) is 0 Å². The van der Waals surface area contributed by atoms with E-state index >= 15 is 0 Å². The maximum atomic E-state index is 8.79. The number of nitrogens with one attached hydrogen (secondary N) is 1. The molecule has 1 aliphatic rings. The first kappa shape index (κ1) is 24.0. The number of hydrogen-bond donors (Lipinski definition) is 2. The highest BCUT2D eigenvalue weighted by Gasteiger charge is 2.23. The van der Waals surface area contributed by atoms with Crippen LogP contribution < -0.4 is 10.1 Å². The number of anilines is 1. The Morgan fingerprint density at radius 1 is 0.943 bits per heavy atom. The van der Waals surface area contributed by atoms with Crippen molar-refractivity contribution >= 4 is 40.4 Å². The molecule has 1 saturated heterocycles. The topological polar surface area (TPSA) is 89.6 Å². The van der Waals surface area contributed by atoms with E-state index in [1.807, 2.05) is 66.0 Å². The van der Waals surface area contributed by atoms with Gasteiger partial charge < -0.3 is 24.3 Å². The quantitative estimate of drug-likeness (QED) is 0.266. The zero-order valence-electron chi connectivity index (χ0n) is 19.2. The van der Waals surface area contributed by atoms with Crippen LogP contribution in [0, 0.1) is 0 Å². The predicted molar refractivity (Wildman–Crippen MR) is 143 cm³/mol. The second-order valence-corrected chi connectivity index (χ2v) is 10.8. The second-order valence-electron chi connectivity index (χ2n) is 7.84. The maximum Gasteiger partial charge on any atom is 0.232 e. The summed E-state index contributed by atoms with van der Waals surface area (Å²) in [6, 6.07) is 18.0. The Morgan fingerprint density at radius 3 is 2.51 bits per heavy atom. The van der Waals surface area contributed by atoms with Gasteiger partial charge in [-0.3, -0.25) is 0 Å². The molecule has 0 atom stereocenters. The van der Waals surface area contributed by atoms with E-state index in [2.05, 4.69) is 27.4 Å². The van der Waals surface area contributed by atoms with Gasteiger partial charge in [-0.05, 0) is 29.8 Å². The molecule has 1 aliphatic heterocycles. The number of aliphatic hydroxyl groups excluding tert-OH is 1. The van der Waals surface area contributed by atoms with E-state index in [0.717, 1.165) is 45.9 Å². The number of ether oxygens (including phenoxy) is 2. The van der Waals surface area contributed by atoms with Crippen LogP contribution in [0.15, 0.2) is 65.3 Å². The Hall–Kier alpha value is -2.72. The second kappa shape index (κ2) is 11.8. The van der Waals surface area contributed by atoms with Crippen LogP contribution in [-0.2, 0) is 4.74 Å². The van der Waals surface area contributed by atoms with Crippen molar-refractivity contribution < 1.29 is 19.0 Å². The fraction of sp³-hybridized carbons (Fsp3) is 0.308. The zero-order valence-corrected chi connectivity index (χ0v) is 20.8. The number of thioether (sulfide) groups is 2. The van der Waals surface area contributed by atoms with Crippen LogP contribution in [0.2, 0.25) is 0 Å². The molecular weight excluding hydrogens is 482 g/mol. The molecule has 1 fully saturated rings. The Kier molecular flexibility index (Phi) is 8.10. The van der Waals surface area contributed by atoms with E-state index in [0.29, 0.717) is 30.1 Å². The summed E-state index contributed by atoms with van der Waals surface area (Å²) in [6.45, 7) is 2.01. The normalized spacial score (nSPS) is 14.0. The SMILES string of the molecule is OCCOCCOc1ccc(-c2oc3ncnc(NCC4SCCS4)c3c2-c2ccccc2)cc1. The van der Waals surface area contributed by atoms with E-state index in [-0.39, 0.29) is 6.61 Å². The minimum Gasteiger partial charge on any atom is -0.491 e. The molecule has 2 aromatic carbocycles. The Bertz CT molecular complexity index is 1230. The zero-order chi connectivity index (χ0) is 23.9. The number of nitrogens with zero attached hydrogens (tertiary/aromatic N) is 2. The minimum absolute atomic E-state index is 0.00998. The largest absolute Gasteiger partial charge is 0.491 e. The highest BCUT2D eigenvalue weighted by molar-refractivity contribution is 8.20. The third-order valence-electron chi connectivity index (χ3n) is 5.53. The molecule has 182 valence electrons. The van der Waals surface area contributed by atoms with Gasteiger partial charge in [0.05, 0.1) is 29.8 Å². The summed E-state index contributed by atoms with van der Waals surface area (Å²) in [5.41, 5.74) is 3.51. The van der Waals surface area contributed by atoms with Crippen molar-refractivity contribution in [1.82, 2.24) is 9.97 Å². The van der Waals surface area contributed by atoms with Crippen LogP contribution in [-0.4, -0.2) is 64.1 Å². The van der Waals surface area contributed by atoms with Gasteiger partial charge >= 0.3 is 0 Å². The average Bonchev–Trinajstić information content (AvgIpc) is 3.56. The summed E-state index contributed by atoms with van der Waals surface area (Å²) in [7, 11) is 0. The molecule has 4 aromatic rings. The van der Waals surface area contributed by atoms with Crippen LogP contribution >= 0.6 is 23.5 Å². The van der Waals surface area contributed by atoms with Gasteiger partial charge in [-0.25, -0.2) is 9.97 Å². The molecule has 9 heteroatoms. The van der Waals surface area contributed by atoms with Crippen molar-refractivity contribution in [2.24, 2.45) is 0 Å². The summed E-state index contributed by atoms with van der Waals surface area (Å²) in [5, 5.41) is 13.2. The first-order valence-corrected chi connectivity index (χ1v) is 13.6. The standard InChI is InChI=1S/C26H27N3O4S2/c30-10-11-31-12-13-32-20-8-6-19(7-9-20)24-22(18-4-2-1-3-5-18)23-25(28-17-29-26(23)33-24)27-16-21-34-14-15-35-21/h1-9,17,21,30H,10-16H2,(H,27,28,29). The molecule has 0 radical (unpaired) electrons. The first-order chi connectivity index (χ1) is 17.3. The smallest absolute Gasteiger partial charge is 0.232 e. The minimum atomic E-state index is 0.00998. The molecule has 0 saturated carbocycles. The third kappa shape index (κ3) is 5.75. The third-order valence-corrected chi connectivity index (χ3v) is 8.56. The number of fused-ring (bicyclic) bond motifs is 1. The number of rotatable bonds is 11. The van der Waals surface area contributed by atoms with Gasteiger partial charge in [-0.2, -0.15) is 0 Å². The fourth-order valence-corrected chi connectivity index (χ4v) is 6.60. The highest BCUT2D eigenvalue weighted by atomic mass is 32.2. The van der Waals surface area contributed by atoms with Gasteiger partial charge in [0.2, 0.25) is 5.71 Å². The average molecular weight is 510 g/mol. The number of furan rings is 1. The van der Waals surface area contributed by atoms with Crippen molar-refractivity contribution in [2.75, 3.05) is 49.8 Å². The molecule has 5 rings (SSSR count). The lowest BCUT2D eigenvalue weighted by Crippen LogP contribution is -2.12. The van der Waals surface area contributed by atoms with Gasteiger partial charge in [-0.15, -0.1) is 23.5 Å². The fourth-order valence-electron chi connectivity index (χ4n) is 3.94. The van der Waals surface area contributed by atoms with Crippen molar-refractivity contribution in [2.45, 2.75) is 4.58 Å². The number of benzene rings is 2. The molecule has 0 bridgehead atoms. The number of aromatic nitrogens is 2. The lowest BCUT2D eigenvalue weighted by Gasteiger charge is -2.11. The lowest BCUT2D eigenvalue weighted by molar-refractivity contribution is 0.0705. The van der Waals surface area contributed by atoms with Crippen LogP contribution in [0.25, 0.3) is 33.6 Å². The number of hydrogen-bond acceptors (Lipinski definition) is 9. The predicted octanol–water partition coefficient (Wildman–Crippen LogP) is 5.16. The summed E-state index contributed by atoms with van der Waals surface area (Å²) in [5.74, 6) is 4.66. The Morgan fingerprint density at radius 2 is 1.74 bits per heavy atom. The monoisotopic (exact) mass is 509 g/mol. The summed E-state index contributed by atoms with van der Waals surface area (Å²) < 4.78 is 17.8. The molecule has 7 nitrogen and oxygen atoms in total. The van der Waals surface area contributed by atoms with Gasteiger partial charge in [0.1, 0.15) is 30.3 Å². The van der Waals surface area contributed by atoms with Crippen molar-refractivity contribution in [3.05, 3.63) is 60.9 Å². The van der Waals surface area contributed by atoms with Gasteiger partial charge in [0.25, 0.3) is 0 Å². The van der Waals surface area contributed by atoms with Crippen molar-refractivity contribution in [3.8, 4) is 28.2 Å². The first-order valence-electron chi connectivity index (χ1n) is 11.6. The summed E-state index contributed by atoms with van der Waals surface area (Å²) >= 11 is 3.97. The van der Waals surface area contributed by atoms with Gasteiger partial charge in [0.15, 0.2) is 0 Å². The van der Waals surface area contributed by atoms with Gasteiger partial charge in [0, 0.05) is 29.2 Å². The molecular formula is C26H27N3O4S2. The number of aliphatic hydroxyl groups is 1. The lowest BCUT2D eigenvalue weighted by atomic mass is 9.99. The molecule has 2 N–H and O–H groups in total. The van der Waals surface area contributed by atoms with Crippen molar-refractivity contribution in [1.29, 1.82) is 0 Å². The molecule has 3 heterocycles. The van der Waals surface area contributed by atoms with Crippen LogP contribution in [0.5, 0.6) is 5.75 Å². The van der Waals surface area contributed by atoms with E-state index < -0.39 is 0 Å². The summed E-state index contributed by atoms with van der Waals surface area (Å²) in [4.78, 5) is 9.03. The molecule has 0 amide bonds. The Balaban J connectivity index is 1.46. The van der Waals surface area contributed by atoms with E-state index in [1.165, 1.54) is 11.5 Å². The van der Waals surface area contributed by atoms with E-state index in [1.54, 1.807) is 6.33 Å². The molecule has 0 spiro atoms. The molecule has 35 heavy (non-hydrogen) atoms. The van der Waals surface area contributed by atoms with E-state index in [4.69, 9.17) is 19.0 Å². The molecule has 0 aliphatic carbocycles. The molecule has 0 unspecified atom stereocenters. The molecule has 2 aromatic heterocycles. The van der Waals surface area contributed by atoms with Crippen LogP contribution in [0.1, 0.15) is 0 Å². The van der Waals surface area contributed by atoms with Crippen molar-refractivity contribution in [3.63, 3.8) is 0 Å². The van der Waals surface area contributed by atoms with Crippen LogP contribution in [0.4, 0.5) is 5.82 Å². The van der Waals surface area contributed by atoms with E-state index in [9.17, 15) is 0 Å². The van der Waals surface area contributed by atoms with Gasteiger partial charge in [-0.1, -0.05) is 30.3 Å².